The summed E-state index contributed by atoms with van der Waals surface area (Å²) in [6, 6.07) is 10.2. The molecule has 6 nitrogen and oxygen atoms in total. The largest absolute Gasteiger partial charge is 0.403 e. The molecule has 0 saturated heterocycles. The monoisotopic (exact) mass is 279 g/mol. The number of pyridine rings is 1. The Labute approximate surface area is 109 Å². The highest BCUT2D eigenvalue weighted by molar-refractivity contribution is 7.90. The Morgan fingerprint density at radius 1 is 1.21 bits per heavy atom. The van der Waals surface area contributed by atoms with Crippen LogP contribution in [0.25, 0.3) is 10.9 Å². The van der Waals surface area contributed by atoms with Crippen LogP contribution in [0, 0.1) is 0 Å². The van der Waals surface area contributed by atoms with E-state index in [1.807, 2.05) is 12.1 Å². The summed E-state index contributed by atoms with van der Waals surface area (Å²) in [4.78, 5) is 14.4. The first-order valence-electron chi connectivity index (χ1n) is 5.12. The summed E-state index contributed by atoms with van der Waals surface area (Å²) in [5, 5.41) is 0.843. The molecule has 1 N–H and O–H groups in total. The van der Waals surface area contributed by atoms with Gasteiger partial charge in [0.1, 0.15) is 0 Å². The Hall–Kier alpha value is -2.25. The zero-order valence-corrected chi connectivity index (χ0v) is 10.4. The zero-order chi connectivity index (χ0) is 14.0. The fraction of sp³-hybridized carbons (Fsp3) is 0. The van der Waals surface area contributed by atoms with Crippen molar-refractivity contribution in [2.75, 3.05) is 0 Å². The van der Waals surface area contributed by atoms with Crippen molar-refractivity contribution in [3.8, 4) is 5.88 Å². The van der Waals surface area contributed by atoms with Gasteiger partial charge in [-0.3, -0.25) is 4.55 Å². The number of esters is 1. The van der Waals surface area contributed by atoms with Gasteiger partial charge in [-0.25, -0.2) is 9.78 Å². The minimum atomic E-state index is -4.66. The van der Waals surface area contributed by atoms with Crippen molar-refractivity contribution in [1.29, 1.82) is 0 Å². The van der Waals surface area contributed by atoms with Crippen LogP contribution in [0.3, 0.4) is 0 Å². The molecule has 1 aromatic heterocycles. The predicted molar refractivity (Wildman–Crippen MR) is 68.1 cm³/mol. The first kappa shape index (κ1) is 13.2. The van der Waals surface area contributed by atoms with E-state index in [0.717, 1.165) is 5.39 Å². The molecule has 0 atom stereocenters. The van der Waals surface area contributed by atoms with Gasteiger partial charge < -0.3 is 4.74 Å². The smallest absolute Gasteiger partial charge is 0.358 e. The third-order valence-corrected chi connectivity index (χ3v) is 3.10. The number of benzene rings is 1. The van der Waals surface area contributed by atoms with Crippen LogP contribution < -0.4 is 4.74 Å². The Kier molecular flexibility index (Phi) is 3.32. The molecule has 0 spiro atoms. The van der Waals surface area contributed by atoms with E-state index in [4.69, 9.17) is 9.29 Å². The van der Waals surface area contributed by atoms with Gasteiger partial charge in [0.05, 0.1) is 5.52 Å². The molecule has 1 heterocycles. The van der Waals surface area contributed by atoms with Crippen LogP contribution in [0.1, 0.15) is 0 Å². The number of fused-ring (bicyclic) bond motifs is 1. The first-order chi connectivity index (χ1) is 8.88. The summed E-state index contributed by atoms with van der Waals surface area (Å²) < 4.78 is 34.8. The molecule has 2 aromatic rings. The second-order valence-electron chi connectivity index (χ2n) is 3.63. The van der Waals surface area contributed by atoms with E-state index in [-0.39, 0.29) is 5.88 Å². The van der Waals surface area contributed by atoms with Gasteiger partial charge in [-0.15, -0.1) is 0 Å². The zero-order valence-electron chi connectivity index (χ0n) is 9.61. The Balaban J connectivity index is 2.27. The van der Waals surface area contributed by atoms with E-state index in [1.165, 1.54) is 6.07 Å². The number of hydrogen-bond donors (Lipinski definition) is 1. The number of hydrogen-bond acceptors (Lipinski definition) is 5. The second-order valence-corrected chi connectivity index (χ2v) is 5.07. The van der Waals surface area contributed by atoms with Crippen molar-refractivity contribution in [2.24, 2.45) is 0 Å². The summed E-state index contributed by atoms with van der Waals surface area (Å²) in [7, 11) is -4.66. The third-order valence-electron chi connectivity index (χ3n) is 2.31. The lowest BCUT2D eigenvalue weighted by atomic mass is 10.2. The summed E-state index contributed by atoms with van der Waals surface area (Å²) in [6.45, 7) is 2.94. The number of rotatable bonds is 3. The minimum Gasteiger partial charge on any atom is -0.403 e. The molecule has 0 amide bonds. The van der Waals surface area contributed by atoms with E-state index >= 15 is 0 Å². The fourth-order valence-electron chi connectivity index (χ4n) is 1.36. The molecule has 98 valence electrons. The van der Waals surface area contributed by atoms with Gasteiger partial charge in [0.25, 0.3) is 0 Å². The van der Waals surface area contributed by atoms with Crippen molar-refractivity contribution in [3.63, 3.8) is 0 Å². The van der Waals surface area contributed by atoms with Crippen LogP contribution >= 0.6 is 0 Å². The molecule has 0 unspecified atom stereocenters. The molecular weight excluding hydrogens is 270 g/mol. The van der Waals surface area contributed by atoms with E-state index in [1.54, 1.807) is 18.2 Å². The maximum Gasteiger partial charge on any atom is 0.358 e. The van der Waals surface area contributed by atoms with Crippen molar-refractivity contribution in [3.05, 3.63) is 47.9 Å². The standard InChI is InChI=1S/C12H9NO5S/c1-8(19(15,16)17)12(14)18-11-7-6-9-4-2-3-5-10(9)13-11/h2-7H,1H2,(H,15,16,17). The number of ether oxygens (including phenoxy) is 1. The fourth-order valence-corrected chi connectivity index (χ4v) is 1.61. The van der Waals surface area contributed by atoms with Gasteiger partial charge in [0, 0.05) is 11.5 Å². The number of nitrogens with zero attached hydrogens (tertiary/aromatic N) is 1. The highest BCUT2D eigenvalue weighted by Gasteiger charge is 2.22. The van der Waals surface area contributed by atoms with E-state index < -0.39 is 21.0 Å². The lowest BCUT2D eigenvalue weighted by Gasteiger charge is -2.04. The Bertz CT molecular complexity index is 767. The van der Waals surface area contributed by atoms with Crippen molar-refractivity contribution in [2.45, 2.75) is 0 Å². The van der Waals surface area contributed by atoms with Crippen LogP contribution in [0.2, 0.25) is 0 Å². The minimum absolute atomic E-state index is 0.0755. The maximum absolute atomic E-state index is 11.4. The molecule has 0 aliphatic rings. The van der Waals surface area contributed by atoms with E-state index in [0.29, 0.717) is 5.52 Å². The summed E-state index contributed by atoms with van der Waals surface area (Å²) in [5.74, 6) is -1.35. The quantitative estimate of drug-likeness (QED) is 0.520. The third kappa shape index (κ3) is 2.95. The molecule has 0 bridgehead atoms. The van der Waals surface area contributed by atoms with Crippen LogP contribution in [-0.2, 0) is 14.9 Å². The van der Waals surface area contributed by atoms with Gasteiger partial charge in [0.2, 0.25) is 5.88 Å². The molecule has 1 aromatic carbocycles. The average molecular weight is 279 g/mol. The molecule has 0 saturated carbocycles. The first-order valence-corrected chi connectivity index (χ1v) is 6.56. The SMILES string of the molecule is C=C(C(=O)Oc1ccc2ccccc2n1)S(=O)(=O)O. The van der Waals surface area contributed by atoms with Crippen LogP contribution in [0.5, 0.6) is 5.88 Å². The molecule has 2 rings (SSSR count). The maximum atomic E-state index is 11.4. The lowest BCUT2D eigenvalue weighted by molar-refractivity contribution is -0.129. The number of para-hydroxylation sites is 1. The molecule has 7 heteroatoms. The van der Waals surface area contributed by atoms with Gasteiger partial charge in [-0.1, -0.05) is 24.8 Å². The predicted octanol–water partition coefficient (Wildman–Crippen LogP) is 1.54. The van der Waals surface area contributed by atoms with Crippen molar-refractivity contribution < 1.29 is 22.5 Å². The Morgan fingerprint density at radius 3 is 2.58 bits per heavy atom. The lowest BCUT2D eigenvalue weighted by Crippen LogP contribution is -2.17. The topological polar surface area (TPSA) is 93.6 Å². The molecule has 0 aliphatic carbocycles. The normalized spacial score (nSPS) is 11.2. The van der Waals surface area contributed by atoms with Crippen LogP contribution in [0.15, 0.2) is 47.9 Å². The summed E-state index contributed by atoms with van der Waals surface area (Å²) in [5.41, 5.74) is 0.588. The number of carbonyl (C=O) groups is 1. The van der Waals surface area contributed by atoms with E-state index in [2.05, 4.69) is 11.6 Å². The summed E-state index contributed by atoms with van der Waals surface area (Å²) >= 11 is 0. The second kappa shape index (κ2) is 4.79. The molecule has 0 radical (unpaired) electrons. The van der Waals surface area contributed by atoms with E-state index in [9.17, 15) is 13.2 Å². The van der Waals surface area contributed by atoms with Crippen LogP contribution in [0.4, 0.5) is 0 Å². The van der Waals surface area contributed by atoms with Gasteiger partial charge in [-0.05, 0) is 12.1 Å². The summed E-state index contributed by atoms with van der Waals surface area (Å²) in [6.07, 6.45) is 0. The van der Waals surface area contributed by atoms with Crippen LogP contribution in [-0.4, -0.2) is 23.9 Å². The molecule has 0 aliphatic heterocycles. The molecule has 19 heavy (non-hydrogen) atoms. The molecule has 0 fully saturated rings. The average Bonchev–Trinajstić information content (AvgIpc) is 2.36. The number of aromatic nitrogens is 1. The van der Waals surface area contributed by atoms with Gasteiger partial charge in [-0.2, -0.15) is 8.42 Å². The highest BCUT2D eigenvalue weighted by Crippen LogP contribution is 2.17. The number of carbonyl (C=O) groups excluding carboxylic acids is 1. The highest BCUT2D eigenvalue weighted by atomic mass is 32.2. The molecular formula is C12H9NO5S. The van der Waals surface area contributed by atoms with Gasteiger partial charge in [0.15, 0.2) is 4.91 Å². The van der Waals surface area contributed by atoms with Crippen molar-refractivity contribution in [1.82, 2.24) is 4.98 Å². The van der Waals surface area contributed by atoms with Gasteiger partial charge >= 0.3 is 16.1 Å². The Morgan fingerprint density at radius 2 is 1.89 bits per heavy atom. The van der Waals surface area contributed by atoms with Crippen molar-refractivity contribution >= 4 is 27.0 Å².